The van der Waals surface area contributed by atoms with Crippen LogP contribution < -0.4 is 0 Å². The lowest BCUT2D eigenvalue weighted by Crippen LogP contribution is -2.35. The highest BCUT2D eigenvalue weighted by Crippen LogP contribution is 2.32. The third-order valence-electron chi connectivity index (χ3n) is 3.13. The van der Waals surface area contributed by atoms with Crippen LogP contribution in [0.25, 0.3) is 0 Å². The van der Waals surface area contributed by atoms with Crippen LogP contribution in [0.4, 0.5) is 13.6 Å². The summed E-state index contributed by atoms with van der Waals surface area (Å²) in [6.45, 7) is 12.9. The van der Waals surface area contributed by atoms with Crippen molar-refractivity contribution in [3.8, 4) is 0 Å². The van der Waals surface area contributed by atoms with Crippen molar-refractivity contribution >= 4 is 6.09 Å². The quantitative estimate of drug-likeness (QED) is 0.639. The van der Waals surface area contributed by atoms with Crippen molar-refractivity contribution in [3.63, 3.8) is 0 Å². The van der Waals surface area contributed by atoms with Crippen molar-refractivity contribution in [1.82, 2.24) is 4.90 Å². The van der Waals surface area contributed by atoms with E-state index in [9.17, 15) is 13.6 Å². The van der Waals surface area contributed by atoms with Gasteiger partial charge in [0.25, 0.3) is 0 Å². The minimum atomic E-state index is -0.571. The van der Waals surface area contributed by atoms with Crippen LogP contribution in [0.5, 0.6) is 0 Å². The van der Waals surface area contributed by atoms with Gasteiger partial charge in [-0.3, -0.25) is 0 Å². The number of allylic oxidation sites excluding steroid dienone is 3. The van der Waals surface area contributed by atoms with E-state index in [1.165, 1.54) is 24.8 Å². The van der Waals surface area contributed by atoms with Crippen molar-refractivity contribution in [2.75, 3.05) is 13.1 Å². The summed E-state index contributed by atoms with van der Waals surface area (Å²) in [6, 6.07) is 0. The fourth-order valence-electron chi connectivity index (χ4n) is 2.28. The Kier molecular flexibility index (Phi) is 8.35. The molecule has 1 fully saturated rings. The largest absolute Gasteiger partial charge is 0.444 e. The fourth-order valence-corrected chi connectivity index (χ4v) is 2.28. The van der Waals surface area contributed by atoms with E-state index in [1.54, 1.807) is 20.8 Å². The predicted molar refractivity (Wildman–Crippen MR) is 85.9 cm³/mol. The zero-order valence-corrected chi connectivity index (χ0v) is 14.8. The molecule has 0 aromatic heterocycles. The van der Waals surface area contributed by atoms with Gasteiger partial charge in [0.05, 0.1) is 0 Å². The number of hydrogen-bond acceptors (Lipinski definition) is 2. The molecule has 5 heteroatoms. The zero-order chi connectivity index (χ0) is 17.5. The van der Waals surface area contributed by atoms with Crippen molar-refractivity contribution in [1.29, 1.82) is 0 Å². The maximum absolute atomic E-state index is 13.7. The molecule has 0 aliphatic carbocycles. The minimum absolute atomic E-state index is 0.0681. The predicted octanol–water partition coefficient (Wildman–Crippen LogP) is 5.39. The number of halogens is 2. The van der Waals surface area contributed by atoms with Gasteiger partial charge in [-0.1, -0.05) is 19.9 Å². The molecule has 0 aromatic carbocycles. The monoisotopic (exact) mass is 317 g/mol. The van der Waals surface area contributed by atoms with Crippen LogP contribution in [-0.2, 0) is 4.74 Å². The number of hydrogen-bond donors (Lipinski definition) is 0. The summed E-state index contributed by atoms with van der Waals surface area (Å²) < 4.78 is 32.5. The van der Waals surface area contributed by atoms with Crippen molar-refractivity contribution < 1.29 is 18.3 Å². The van der Waals surface area contributed by atoms with Crippen LogP contribution in [0.2, 0.25) is 0 Å². The van der Waals surface area contributed by atoms with Crippen LogP contribution in [0.15, 0.2) is 23.3 Å². The smallest absolute Gasteiger partial charge is 0.410 e. The molecule has 1 saturated heterocycles. The van der Waals surface area contributed by atoms with Crippen LogP contribution in [0, 0.1) is 5.92 Å². The van der Waals surface area contributed by atoms with E-state index in [0.29, 0.717) is 13.0 Å². The molecule has 1 heterocycles. The molecule has 0 saturated carbocycles. The number of rotatable bonds is 2. The first-order valence-electron chi connectivity index (χ1n) is 7.82. The van der Waals surface area contributed by atoms with E-state index in [1.807, 2.05) is 13.8 Å². The van der Waals surface area contributed by atoms with Crippen LogP contribution >= 0.6 is 0 Å². The first kappa shape index (κ1) is 20.6. The number of likely N-dealkylation sites (tertiary alicyclic amines) is 1. The molecule has 1 unspecified atom stereocenters. The van der Waals surface area contributed by atoms with E-state index < -0.39 is 23.3 Å². The van der Waals surface area contributed by atoms with Gasteiger partial charge in [0.1, 0.15) is 17.3 Å². The van der Waals surface area contributed by atoms with E-state index >= 15 is 0 Å². The van der Waals surface area contributed by atoms with E-state index in [-0.39, 0.29) is 18.0 Å². The Bertz CT molecular complexity index is 432. The standard InChI is InChI=1S/C15H23F2NO2.C2H6/c1-6-12(17)13(10(2)16)11-7-8-18(9-11)14(19)20-15(3,4)5;1-2/h6,11H,7-9H2,1-5H3;1-2H3/b12-6+,13-10+;. The second kappa shape index (κ2) is 8.91. The SMILES string of the molecule is C/C=C(F)\C(=C(/C)F)C1CCN(C(=O)OC(C)(C)C)C1.CC. The lowest BCUT2D eigenvalue weighted by Gasteiger charge is -2.24. The summed E-state index contributed by atoms with van der Waals surface area (Å²) in [6.07, 6.45) is 1.35. The van der Waals surface area contributed by atoms with Crippen LogP contribution in [0.1, 0.15) is 54.9 Å². The average Bonchev–Trinajstić information content (AvgIpc) is 2.88. The Balaban J connectivity index is 0.00000211. The van der Waals surface area contributed by atoms with Gasteiger partial charge < -0.3 is 9.64 Å². The van der Waals surface area contributed by atoms with Crippen LogP contribution in [0.3, 0.4) is 0 Å². The summed E-state index contributed by atoms with van der Waals surface area (Å²) >= 11 is 0. The molecule has 0 aromatic rings. The van der Waals surface area contributed by atoms with Crippen molar-refractivity contribution in [2.45, 2.75) is 60.5 Å². The lowest BCUT2D eigenvalue weighted by atomic mass is 9.96. The summed E-state index contributed by atoms with van der Waals surface area (Å²) in [7, 11) is 0. The van der Waals surface area contributed by atoms with Gasteiger partial charge in [-0.25, -0.2) is 13.6 Å². The van der Waals surface area contributed by atoms with Gasteiger partial charge in [-0.15, -0.1) is 0 Å². The molecule has 128 valence electrons. The van der Waals surface area contributed by atoms with E-state index in [4.69, 9.17) is 4.74 Å². The number of ether oxygens (including phenoxy) is 1. The highest BCUT2D eigenvalue weighted by atomic mass is 19.1. The Morgan fingerprint density at radius 2 is 1.82 bits per heavy atom. The minimum Gasteiger partial charge on any atom is -0.444 e. The summed E-state index contributed by atoms with van der Waals surface area (Å²) in [5, 5.41) is 0. The second-order valence-corrected chi connectivity index (χ2v) is 6.00. The second-order valence-electron chi connectivity index (χ2n) is 6.00. The number of carbonyl (C=O) groups is 1. The lowest BCUT2D eigenvalue weighted by molar-refractivity contribution is 0.0290. The Morgan fingerprint density at radius 3 is 2.23 bits per heavy atom. The first-order valence-corrected chi connectivity index (χ1v) is 7.82. The zero-order valence-electron chi connectivity index (χ0n) is 14.8. The number of carbonyl (C=O) groups excluding carboxylic acids is 1. The van der Waals surface area contributed by atoms with Gasteiger partial charge in [0, 0.05) is 24.6 Å². The molecule has 0 bridgehead atoms. The van der Waals surface area contributed by atoms with Gasteiger partial charge >= 0.3 is 6.09 Å². The van der Waals surface area contributed by atoms with Gasteiger partial charge in [-0.2, -0.15) is 0 Å². The molecule has 1 aliphatic heterocycles. The summed E-state index contributed by atoms with van der Waals surface area (Å²) in [4.78, 5) is 13.4. The van der Waals surface area contributed by atoms with Crippen molar-refractivity contribution in [3.05, 3.63) is 23.3 Å². The molecule has 0 N–H and O–H groups in total. The molecule has 3 nitrogen and oxygen atoms in total. The number of amides is 1. The highest BCUT2D eigenvalue weighted by Gasteiger charge is 2.33. The maximum Gasteiger partial charge on any atom is 0.410 e. The highest BCUT2D eigenvalue weighted by molar-refractivity contribution is 5.68. The molecule has 1 atom stereocenters. The third kappa shape index (κ3) is 6.16. The number of nitrogens with zero attached hydrogens (tertiary/aromatic N) is 1. The summed E-state index contributed by atoms with van der Waals surface area (Å²) in [5.41, 5.74) is -0.503. The topological polar surface area (TPSA) is 29.5 Å². The molecule has 1 rings (SSSR count). The van der Waals surface area contributed by atoms with Crippen LogP contribution in [-0.4, -0.2) is 29.7 Å². The Morgan fingerprint density at radius 1 is 1.27 bits per heavy atom. The third-order valence-corrected chi connectivity index (χ3v) is 3.13. The van der Waals surface area contributed by atoms with Gasteiger partial charge in [0.15, 0.2) is 0 Å². The van der Waals surface area contributed by atoms with E-state index in [0.717, 1.165) is 0 Å². The Labute approximate surface area is 133 Å². The first-order chi connectivity index (χ1) is 10.2. The van der Waals surface area contributed by atoms with E-state index in [2.05, 4.69) is 0 Å². The Hall–Kier alpha value is -1.39. The van der Waals surface area contributed by atoms with Gasteiger partial charge in [0.2, 0.25) is 0 Å². The molecule has 0 spiro atoms. The molecule has 1 aliphatic rings. The normalized spacial score (nSPS) is 20.1. The summed E-state index contributed by atoms with van der Waals surface area (Å²) in [5.74, 6) is -1.40. The van der Waals surface area contributed by atoms with Crippen molar-refractivity contribution in [2.24, 2.45) is 5.92 Å². The molecular weight excluding hydrogens is 288 g/mol. The molecule has 0 radical (unpaired) electrons. The molecule has 1 amide bonds. The average molecular weight is 317 g/mol. The molecule has 22 heavy (non-hydrogen) atoms. The molecular formula is C17H29F2NO2. The van der Waals surface area contributed by atoms with Gasteiger partial charge in [-0.05, 0) is 41.0 Å². The maximum atomic E-state index is 13.7. The fraction of sp³-hybridized carbons (Fsp3) is 0.706.